The normalized spacial score (nSPS) is 16.3. The summed E-state index contributed by atoms with van der Waals surface area (Å²) in [6.07, 6.45) is 6.80. The van der Waals surface area contributed by atoms with Gasteiger partial charge in [-0.3, -0.25) is 38.7 Å². The highest BCUT2D eigenvalue weighted by atomic mass is 19.1. The molecule has 5 aromatic heterocycles. The number of carboxylic acid groups (broad SMARTS) is 5. The molecule has 0 aliphatic carbocycles. The Bertz CT molecular complexity index is 6060. The molecule has 10 aromatic rings. The van der Waals surface area contributed by atoms with E-state index in [0.717, 1.165) is 98.4 Å². The fourth-order valence-electron chi connectivity index (χ4n) is 16.6. The van der Waals surface area contributed by atoms with Gasteiger partial charge in [-0.1, -0.05) is 27.7 Å². The van der Waals surface area contributed by atoms with Gasteiger partial charge < -0.3 is 72.5 Å². The zero-order valence-corrected chi connectivity index (χ0v) is 70.8. The summed E-state index contributed by atoms with van der Waals surface area (Å²) in [5.74, 6) is -6.97. The summed E-state index contributed by atoms with van der Waals surface area (Å²) in [5.41, 5.74) is 4.31. The van der Waals surface area contributed by atoms with Crippen molar-refractivity contribution in [2.45, 2.75) is 152 Å². The second kappa shape index (κ2) is 36.0. The predicted molar refractivity (Wildman–Crippen MR) is 458 cm³/mol. The van der Waals surface area contributed by atoms with Crippen LogP contribution in [0.2, 0.25) is 0 Å². The van der Waals surface area contributed by atoms with Crippen LogP contribution in [0.4, 0.5) is 30.2 Å². The molecule has 0 radical (unpaired) electrons. The van der Waals surface area contributed by atoms with Crippen LogP contribution in [-0.2, 0) is 20.6 Å². The summed E-state index contributed by atoms with van der Waals surface area (Å²) < 4.78 is 64.3. The van der Waals surface area contributed by atoms with Crippen LogP contribution in [0.15, 0.2) is 103 Å². The maximum absolute atomic E-state index is 15.1. The molecule has 0 amide bonds. The van der Waals surface area contributed by atoms with Crippen LogP contribution in [-0.4, -0.2) is 203 Å². The fourth-order valence-corrected chi connectivity index (χ4v) is 16.6. The van der Waals surface area contributed by atoms with E-state index < -0.39 is 74.4 Å². The number of benzene rings is 5. The molecule has 0 saturated carbocycles. The smallest absolute Gasteiger partial charge is 0.341 e. The third-order valence-corrected chi connectivity index (χ3v) is 23.4. The van der Waals surface area contributed by atoms with E-state index in [9.17, 15) is 72.0 Å². The van der Waals surface area contributed by atoms with Crippen molar-refractivity contribution in [1.29, 1.82) is 0 Å². The predicted octanol–water partition coefficient (Wildman–Crippen LogP) is 12.4. The number of pyridine rings is 5. The van der Waals surface area contributed by atoms with E-state index in [-0.39, 0.29) is 68.6 Å². The molecule has 28 nitrogen and oxygen atoms in total. The molecule has 2 atom stereocenters. The van der Waals surface area contributed by atoms with Gasteiger partial charge in [0.25, 0.3) is 0 Å². The molecule has 5 aromatic carbocycles. The monoisotopic (exact) mass is 1660 g/mol. The number of piperazine rings is 3. The van der Waals surface area contributed by atoms with Gasteiger partial charge in [-0.25, -0.2) is 37.1 Å². The van der Waals surface area contributed by atoms with Crippen LogP contribution in [0.3, 0.4) is 0 Å². The summed E-state index contributed by atoms with van der Waals surface area (Å²) in [7, 11) is 3.42. The van der Waals surface area contributed by atoms with Crippen molar-refractivity contribution in [3.63, 3.8) is 0 Å². The van der Waals surface area contributed by atoms with Crippen molar-refractivity contribution >= 4 is 101 Å². The number of rotatable bonds is 14. The van der Waals surface area contributed by atoms with Crippen LogP contribution in [0.1, 0.15) is 188 Å². The van der Waals surface area contributed by atoms with Crippen molar-refractivity contribution in [3.05, 3.63) is 198 Å². The number of ether oxygens (including phenoxy) is 2. The number of fused-ring (bicyclic) bond motifs is 3. The molecular weight excluding hydrogens is 1550 g/mol. The lowest BCUT2D eigenvalue weighted by atomic mass is 9.95. The fraction of sp³-hybridized carbons (Fsp3) is 0.438. The lowest BCUT2D eigenvalue weighted by Crippen LogP contribution is -2.49. The molecule has 10 heterocycles. The Morgan fingerprint density at radius 2 is 0.758 bits per heavy atom. The topological polar surface area (TPSA) is 334 Å². The Kier molecular flexibility index (Phi) is 26.7. The van der Waals surface area contributed by atoms with Gasteiger partial charge in [0.2, 0.25) is 27.1 Å². The molecule has 2 unspecified atom stereocenters. The van der Waals surface area contributed by atoms with Gasteiger partial charge in [0.1, 0.15) is 64.1 Å². The number of carboxylic acids is 5. The number of carbonyl (C=O) groups is 5. The molecule has 15 rings (SSSR count). The molecule has 5 aliphatic heterocycles. The average molecular weight is 1660 g/mol. The molecule has 5 aliphatic rings. The highest BCUT2D eigenvalue weighted by molar-refractivity contribution is 5.99. The number of aromatic carboxylic acids is 5. The van der Waals surface area contributed by atoms with E-state index >= 15 is 4.39 Å². The highest BCUT2D eigenvalue weighted by Crippen LogP contribution is 2.44. The molecule has 3 fully saturated rings. The first-order valence-electron chi connectivity index (χ1n) is 40.4. The van der Waals surface area contributed by atoms with Crippen molar-refractivity contribution in [3.8, 4) is 11.5 Å². The highest BCUT2D eigenvalue weighted by Gasteiger charge is 2.34. The first-order chi connectivity index (χ1) is 56.6. The minimum absolute atomic E-state index is 0.0448. The zero-order valence-electron chi connectivity index (χ0n) is 70.8. The Balaban J connectivity index is 0.000000148. The first-order valence-corrected chi connectivity index (χ1v) is 40.4. The van der Waals surface area contributed by atoms with Crippen LogP contribution in [0.5, 0.6) is 11.5 Å². The Morgan fingerprint density at radius 3 is 1.18 bits per heavy atom. The molecular formula is C89H106F3N11O17. The van der Waals surface area contributed by atoms with Gasteiger partial charge in [0.15, 0.2) is 11.6 Å². The molecule has 120 heavy (non-hydrogen) atoms. The van der Waals surface area contributed by atoms with Gasteiger partial charge in [0, 0.05) is 176 Å². The second-order valence-corrected chi connectivity index (χ2v) is 32.8. The van der Waals surface area contributed by atoms with Crippen molar-refractivity contribution in [2.24, 2.45) is 14.1 Å². The van der Waals surface area contributed by atoms with E-state index in [1.165, 1.54) is 36.5 Å². The van der Waals surface area contributed by atoms with Gasteiger partial charge in [-0.2, -0.15) is 0 Å². The summed E-state index contributed by atoms with van der Waals surface area (Å²) >= 11 is 0. The molecule has 31 heteroatoms. The van der Waals surface area contributed by atoms with E-state index in [0.29, 0.717) is 119 Å². The van der Waals surface area contributed by atoms with Gasteiger partial charge in [-0.15, -0.1) is 0 Å². The minimum Gasteiger partial charge on any atom is -0.489 e. The summed E-state index contributed by atoms with van der Waals surface area (Å²) in [5, 5.41) is 47.2. The molecule has 3 saturated heterocycles. The number of halogens is 3. The van der Waals surface area contributed by atoms with Crippen molar-refractivity contribution in [1.82, 2.24) is 37.5 Å². The van der Waals surface area contributed by atoms with Crippen molar-refractivity contribution < 1.29 is 72.2 Å². The van der Waals surface area contributed by atoms with Gasteiger partial charge >= 0.3 is 29.8 Å². The zero-order chi connectivity index (χ0) is 88.0. The summed E-state index contributed by atoms with van der Waals surface area (Å²) in [4.78, 5) is 132. The number of nitrogens with zero attached hydrogens (tertiary/aromatic N) is 11. The second-order valence-electron chi connectivity index (χ2n) is 32.8. The minimum atomic E-state index is -1.32. The third-order valence-electron chi connectivity index (χ3n) is 23.4. The van der Waals surface area contributed by atoms with E-state index in [1.54, 1.807) is 44.5 Å². The van der Waals surface area contributed by atoms with Gasteiger partial charge in [-0.05, 0) is 153 Å². The number of aryl methyl sites for hydroxylation is 5. The Labute approximate surface area is 690 Å². The van der Waals surface area contributed by atoms with Crippen LogP contribution in [0.25, 0.3) is 54.5 Å². The standard InChI is InChI=1S/C20H24FN3O4.C20H27N3O3.C18H22FN3O3.C16H16FNO4.C15H17NO3/c1-11(2)22-4-6-23(7-5-22)17-15(21)8-13-16-19(17)28-10-12(3)24(16)9-14(18(13)25)20(26)27;1-5-21-12-16(20(25)26)19(24)15-10-14(4)17(11-18(15)21)23-8-6-22(7-9-23)13(2)3;1-11(2)21-4-6-22(7-5-21)16-9-15-12(8-14(16)19)17(23)13(18(24)25)10-20(15)3;1-7(2)12-11(17)4-9-13-15(12)22-6-8(3)18(13)5-10(14(9)19)16(20)21;1-8(2)10-6-13-11(5-9(10)3)14(17)12(15(18)19)7-16(13)4/h8-9,11-12H,4-7,10H2,1-3H3,(H,26,27);10-13H,5-9H2,1-4H3,(H,25,26);8-11H,4-7H2,1-3H3,(H,24,25);4-5,7-8H,6H2,1-3H3,(H,20,21);5-8H,1-4H3,(H,18,19). The lowest BCUT2D eigenvalue weighted by molar-refractivity contribution is 0.0683. The quantitative estimate of drug-likeness (QED) is 0.0675. The van der Waals surface area contributed by atoms with Crippen LogP contribution in [0, 0.1) is 31.3 Å². The van der Waals surface area contributed by atoms with E-state index in [4.69, 9.17) is 19.7 Å². The van der Waals surface area contributed by atoms with E-state index in [2.05, 4.69) is 75.0 Å². The van der Waals surface area contributed by atoms with Gasteiger partial charge in [0.05, 0.1) is 56.1 Å². The third kappa shape index (κ3) is 17.6. The summed E-state index contributed by atoms with van der Waals surface area (Å²) in [6.45, 7) is 41.7. The Morgan fingerprint density at radius 1 is 0.408 bits per heavy atom. The Hall–Kier alpha value is -11.8. The molecule has 640 valence electrons. The largest absolute Gasteiger partial charge is 0.489 e. The number of aromatic nitrogens is 5. The number of anilines is 3. The van der Waals surface area contributed by atoms with Crippen LogP contribution < -0.4 is 51.3 Å². The maximum Gasteiger partial charge on any atom is 0.341 e. The SMILES string of the molecule is CC(C)N1CCN(c2c(F)cc3c(=O)c(C(=O)O)cn4c3c2OCC4C)CC1.CC(C)N1CCN(c2cc3c(cc2F)c(=O)c(C(=O)O)cn3C)CC1.CC(C)c1c(F)cc2c(=O)c(C(=O)O)cn3c2c1OCC3C.CCn1cc(C(=O)O)c(=O)c2cc(C)c(N3CCN(C(C)C)CC3)cc21.Cc1cc2c(=O)c(C(=O)O)cn(C)c2cc1C(C)C. The molecule has 0 spiro atoms. The first kappa shape index (κ1) is 89.0. The number of hydrogen-bond acceptors (Lipinski definition) is 18. The number of hydrogen-bond donors (Lipinski definition) is 5. The molecule has 5 N–H and O–H groups in total. The lowest BCUT2D eigenvalue weighted by Gasteiger charge is -2.39. The van der Waals surface area contributed by atoms with E-state index in [1.807, 2.05) is 81.0 Å². The summed E-state index contributed by atoms with van der Waals surface area (Å²) in [6, 6.07) is 13.9. The van der Waals surface area contributed by atoms with Crippen LogP contribution >= 0.6 is 0 Å². The molecule has 0 bridgehead atoms. The average Bonchev–Trinajstić information content (AvgIpc) is 0.683. The van der Waals surface area contributed by atoms with Crippen molar-refractivity contribution in [2.75, 3.05) is 106 Å². The maximum atomic E-state index is 15.1.